The molecule has 0 saturated carbocycles. The second-order valence-electron chi connectivity index (χ2n) is 3.70. The third kappa shape index (κ3) is 3.27. The van der Waals surface area contributed by atoms with Crippen LogP contribution in [-0.4, -0.2) is 34.4 Å². The third-order valence-corrected chi connectivity index (χ3v) is 2.67. The van der Waals surface area contributed by atoms with Gasteiger partial charge in [0.05, 0.1) is 4.99 Å². The molecule has 0 bridgehead atoms. The molecule has 0 aliphatic heterocycles. The Bertz CT molecular complexity index is 380. The summed E-state index contributed by atoms with van der Waals surface area (Å²) < 4.78 is 0. The summed E-state index contributed by atoms with van der Waals surface area (Å²) in [5.41, 5.74) is 5.93. The summed E-state index contributed by atoms with van der Waals surface area (Å²) in [5, 5.41) is 0. The largest absolute Gasteiger partial charge is 0.393 e. The van der Waals surface area contributed by atoms with Crippen LogP contribution in [0.4, 0.5) is 0 Å². The predicted molar refractivity (Wildman–Crippen MR) is 67.1 cm³/mol. The summed E-state index contributed by atoms with van der Waals surface area (Å²) in [6.07, 6.45) is 1.60. The van der Waals surface area contributed by atoms with E-state index in [9.17, 15) is 4.79 Å². The second kappa shape index (κ2) is 5.55. The van der Waals surface area contributed by atoms with Gasteiger partial charge >= 0.3 is 0 Å². The molecular weight excluding hydrogens is 222 g/mol. The van der Waals surface area contributed by atoms with E-state index >= 15 is 0 Å². The number of amides is 1. The van der Waals surface area contributed by atoms with Crippen molar-refractivity contribution >= 4 is 23.1 Å². The number of aromatic nitrogens is 1. The lowest BCUT2D eigenvalue weighted by molar-refractivity contribution is 0.0781. The van der Waals surface area contributed by atoms with Gasteiger partial charge in [0.1, 0.15) is 5.69 Å². The fourth-order valence-corrected chi connectivity index (χ4v) is 1.34. The van der Waals surface area contributed by atoms with E-state index in [1.807, 2.05) is 6.92 Å². The van der Waals surface area contributed by atoms with Crippen LogP contribution in [0.25, 0.3) is 0 Å². The van der Waals surface area contributed by atoms with Crippen LogP contribution in [0.1, 0.15) is 17.4 Å². The molecule has 1 aromatic rings. The molecule has 1 atom stereocenters. The van der Waals surface area contributed by atoms with E-state index in [1.165, 1.54) is 0 Å². The van der Waals surface area contributed by atoms with Gasteiger partial charge in [-0.25, -0.2) is 0 Å². The maximum Gasteiger partial charge on any atom is 0.272 e. The topological polar surface area (TPSA) is 59.2 Å². The smallest absolute Gasteiger partial charge is 0.272 e. The summed E-state index contributed by atoms with van der Waals surface area (Å²) in [6, 6.07) is 5.24. The van der Waals surface area contributed by atoms with Crippen molar-refractivity contribution in [1.82, 2.24) is 9.88 Å². The Labute approximate surface area is 100 Å². The third-order valence-electron chi connectivity index (χ3n) is 2.26. The molecule has 5 heteroatoms. The van der Waals surface area contributed by atoms with Gasteiger partial charge in [-0.3, -0.25) is 9.78 Å². The van der Waals surface area contributed by atoms with Crippen molar-refractivity contribution in [1.29, 1.82) is 0 Å². The van der Waals surface area contributed by atoms with Crippen LogP contribution in [0.3, 0.4) is 0 Å². The van der Waals surface area contributed by atoms with Crippen LogP contribution in [0.5, 0.6) is 0 Å². The molecule has 16 heavy (non-hydrogen) atoms. The molecule has 1 unspecified atom stereocenters. The summed E-state index contributed by atoms with van der Waals surface area (Å²) in [7, 11) is 1.71. The highest BCUT2D eigenvalue weighted by Gasteiger charge is 2.16. The monoisotopic (exact) mass is 237 g/mol. The van der Waals surface area contributed by atoms with Crippen LogP contribution in [0.2, 0.25) is 0 Å². The highest BCUT2D eigenvalue weighted by Crippen LogP contribution is 2.03. The van der Waals surface area contributed by atoms with Crippen molar-refractivity contribution in [3.8, 4) is 0 Å². The Balaban J connectivity index is 2.65. The van der Waals surface area contributed by atoms with Crippen molar-refractivity contribution < 1.29 is 4.79 Å². The van der Waals surface area contributed by atoms with E-state index < -0.39 is 0 Å². The first-order valence-corrected chi connectivity index (χ1v) is 5.39. The molecule has 1 amide bonds. The van der Waals surface area contributed by atoms with E-state index in [1.54, 1.807) is 36.3 Å². The minimum Gasteiger partial charge on any atom is -0.393 e. The van der Waals surface area contributed by atoms with Crippen molar-refractivity contribution in [3.63, 3.8) is 0 Å². The van der Waals surface area contributed by atoms with Crippen molar-refractivity contribution in [2.45, 2.75) is 6.92 Å². The average Bonchev–Trinajstić information content (AvgIpc) is 2.28. The lowest BCUT2D eigenvalue weighted by atomic mass is 10.1. The Morgan fingerprint density at radius 2 is 2.31 bits per heavy atom. The highest BCUT2D eigenvalue weighted by molar-refractivity contribution is 7.80. The van der Waals surface area contributed by atoms with Crippen LogP contribution in [0.15, 0.2) is 24.4 Å². The van der Waals surface area contributed by atoms with Gasteiger partial charge < -0.3 is 10.6 Å². The Morgan fingerprint density at radius 1 is 1.62 bits per heavy atom. The summed E-state index contributed by atoms with van der Waals surface area (Å²) in [4.78, 5) is 17.9. The number of rotatable bonds is 4. The Hall–Kier alpha value is -1.49. The zero-order valence-electron chi connectivity index (χ0n) is 9.38. The van der Waals surface area contributed by atoms with Gasteiger partial charge in [-0.1, -0.05) is 25.2 Å². The number of hydrogen-bond donors (Lipinski definition) is 1. The average molecular weight is 237 g/mol. The summed E-state index contributed by atoms with van der Waals surface area (Å²) in [5.74, 6) is -0.114. The quantitative estimate of drug-likeness (QED) is 0.796. The predicted octanol–water partition coefficient (Wildman–Crippen LogP) is 1.08. The van der Waals surface area contributed by atoms with Gasteiger partial charge in [-0.15, -0.1) is 0 Å². The molecule has 86 valence electrons. The normalized spacial score (nSPS) is 11.9. The zero-order chi connectivity index (χ0) is 12.1. The van der Waals surface area contributed by atoms with Gasteiger partial charge in [-0.05, 0) is 12.1 Å². The molecule has 0 spiro atoms. The molecule has 0 fully saturated rings. The fourth-order valence-electron chi connectivity index (χ4n) is 1.27. The molecule has 0 radical (unpaired) electrons. The number of thiocarbonyl (C=S) groups is 1. The van der Waals surface area contributed by atoms with Gasteiger partial charge in [0.15, 0.2) is 0 Å². The number of nitrogens with two attached hydrogens (primary N) is 1. The van der Waals surface area contributed by atoms with E-state index in [2.05, 4.69) is 4.98 Å². The van der Waals surface area contributed by atoms with Gasteiger partial charge in [-0.2, -0.15) is 0 Å². The first-order chi connectivity index (χ1) is 7.52. The number of hydrogen-bond acceptors (Lipinski definition) is 3. The summed E-state index contributed by atoms with van der Waals surface area (Å²) in [6.45, 7) is 2.40. The standard InChI is InChI=1S/C11H15N3OS/c1-8(10(12)16)7-14(2)11(15)9-5-3-4-6-13-9/h3-6,8H,7H2,1-2H3,(H2,12,16). The molecule has 1 rings (SSSR count). The Morgan fingerprint density at radius 3 is 2.81 bits per heavy atom. The maximum atomic E-state index is 11.9. The van der Waals surface area contributed by atoms with Gasteiger partial charge in [0, 0.05) is 25.7 Å². The molecule has 1 heterocycles. The van der Waals surface area contributed by atoms with Crippen molar-refractivity contribution in [2.75, 3.05) is 13.6 Å². The molecular formula is C11H15N3OS. The highest BCUT2D eigenvalue weighted by atomic mass is 32.1. The first-order valence-electron chi connectivity index (χ1n) is 4.98. The van der Waals surface area contributed by atoms with Gasteiger partial charge in [0.2, 0.25) is 0 Å². The number of pyridine rings is 1. The molecule has 4 nitrogen and oxygen atoms in total. The van der Waals surface area contributed by atoms with Crippen molar-refractivity contribution in [2.24, 2.45) is 11.7 Å². The van der Waals surface area contributed by atoms with Crippen LogP contribution >= 0.6 is 12.2 Å². The minimum atomic E-state index is -0.122. The molecule has 1 aromatic heterocycles. The Kier molecular flexibility index (Phi) is 4.37. The van der Waals surface area contributed by atoms with Crippen LogP contribution in [0, 0.1) is 5.92 Å². The van der Waals surface area contributed by atoms with E-state index in [0.29, 0.717) is 17.2 Å². The van der Waals surface area contributed by atoms with E-state index in [-0.39, 0.29) is 11.8 Å². The number of nitrogens with zero attached hydrogens (tertiary/aromatic N) is 2. The number of carbonyl (C=O) groups is 1. The van der Waals surface area contributed by atoms with E-state index in [0.717, 1.165) is 0 Å². The fraction of sp³-hybridized carbons (Fsp3) is 0.364. The summed E-state index contributed by atoms with van der Waals surface area (Å²) >= 11 is 4.86. The lowest BCUT2D eigenvalue weighted by Crippen LogP contribution is -2.35. The van der Waals surface area contributed by atoms with Crippen LogP contribution < -0.4 is 5.73 Å². The lowest BCUT2D eigenvalue weighted by Gasteiger charge is -2.20. The van der Waals surface area contributed by atoms with Gasteiger partial charge in [0.25, 0.3) is 5.91 Å². The second-order valence-corrected chi connectivity index (χ2v) is 4.18. The first kappa shape index (κ1) is 12.6. The molecule has 0 aromatic carbocycles. The number of carbonyl (C=O) groups excluding carboxylic acids is 1. The molecule has 2 N–H and O–H groups in total. The van der Waals surface area contributed by atoms with Crippen LogP contribution in [-0.2, 0) is 0 Å². The molecule has 0 saturated heterocycles. The maximum absolute atomic E-state index is 11.9. The zero-order valence-corrected chi connectivity index (χ0v) is 10.2. The minimum absolute atomic E-state index is 0.00709. The SMILES string of the molecule is CC(CN(C)C(=O)c1ccccn1)C(N)=S. The van der Waals surface area contributed by atoms with Crippen molar-refractivity contribution in [3.05, 3.63) is 30.1 Å². The molecule has 0 aliphatic rings. The molecule has 0 aliphatic carbocycles. The van der Waals surface area contributed by atoms with E-state index in [4.69, 9.17) is 18.0 Å².